The normalized spacial score (nSPS) is 10.8. The molecule has 0 aliphatic rings. The van der Waals surface area contributed by atoms with Crippen LogP contribution >= 0.6 is 0 Å². The molecule has 0 N–H and O–H groups in total. The molecule has 8 heterocycles. The molecule has 24 rings (SSSR count). The van der Waals surface area contributed by atoms with Crippen molar-refractivity contribution in [3.8, 4) is 226 Å². The van der Waals surface area contributed by atoms with Crippen LogP contribution < -0.4 is 0 Å². The minimum atomic E-state index is 0.596. The van der Waals surface area contributed by atoms with Gasteiger partial charge in [0.2, 0.25) is 0 Å². The molecule has 0 atom stereocenters. The highest BCUT2D eigenvalue weighted by atomic mass is 15.1. The Labute approximate surface area is 858 Å². The molecule has 18 heteroatoms. The Hall–Kier alpha value is -20.0. The molecule has 148 heavy (non-hydrogen) atoms. The molecule has 0 aliphatic carbocycles. The van der Waals surface area contributed by atoms with E-state index in [-0.39, 0.29) is 0 Å². The van der Waals surface area contributed by atoms with Gasteiger partial charge in [-0.05, 0) is 186 Å². The smallest absolute Gasteiger partial charge is 0.164 e. The average Bonchev–Trinajstić information content (AvgIpc) is 0.792. The largest absolute Gasteiger partial charge is 0.265 e. The maximum Gasteiger partial charge on any atom is 0.164 e. The molecule has 0 saturated carbocycles. The fraction of sp³-hybridized carbons (Fsp3) is 0.0308. The van der Waals surface area contributed by atoms with Crippen LogP contribution in [0.3, 0.4) is 0 Å². The molecule has 0 radical (unpaired) electrons. The Morgan fingerprint density at radius 1 is 0.115 bits per heavy atom. The first kappa shape index (κ1) is 94.3. The summed E-state index contributed by atoms with van der Waals surface area (Å²) in [7, 11) is 0. The molecule has 18 nitrogen and oxygen atoms in total. The van der Waals surface area contributed by atoms with Gasteiger partial charge in [0, 0.05) is 127 Å². The summed E-state index contributed by atoms with van der Waals surface area (Å²) in [5.41, 5.74) is 31.5. The molecule has 0 bridgehead atoms. The first-order valence-corrected chi connectivity index (χ1v) is 48.6. The molecular weight excluding hydrogens is 1810 g/mol. The van der Waals surface area contributed by atoms with Gasteiger partial charge in [-0.3, -0.25) is 19.9 Å². The number of aromatic nitrogens is 18. The van der Waals surface area contributed by atoms with Gasteiger partial charge in [0.25, 0.3) is 0 Å². The molecule has 0 saturated heterocycles. The van der Waals surface area contributed by atoms with Crippen molar-refractivity contribution in [1.29, 1.82) is 0 Å². The lowest BCUT2D eigenvalue weighted by Gasteiger charge is -2.12. The van der Waals surface area contributed by atoms with Crippen molar-refractivity contribution < 1.29 is 0 Å². The zero-order valence-electron chi connectivity index (χ0n) is 81.4. The van der Waals surface area contributed by atoms with Crippen molar-refractivity contribution in [1.82, 2.24) is 89.7 Å². The highest BCUT2D eigenvalue weighted by Crippen LogP contribution is 2.40. The van der Waals surface area contributed by atoms with Crippen molar-refractivity contribution in [2.24, 2.45) is 0 Å². The Morgan fingerprint density at radius 3 is 0.568 bits per heavy atom. The highest BCUT2D eigenvalue weighted by molar-refractivity contribution is 5.86. The Kier molecular flexibility index (Phi) is 28.6. The molecule has 16 aromatic carbocycles. The van der Waals surface area contributed by atoms with Crippen molar-refractivity contribution in [2.45, 2.75) is 27.7 Å². The van der Waals surface area contributed by atoms with Gasteiger partial charge in [0.15, 0.2) is 75.7 Å². The van der Waals surface area contributed by atoms with E-state index in [1.165, 1.54) is 22.3 Å². The van der Waals surface area contributed by atoms with Crippen molar-refractivity contribution in [3.63, 3.8) is 0 Å². The van der Waals surface area contributed by atoms with E-state index in [9.17, 15) is 0 Å². The highest BCUT2D eigenvalue weighted by Gasteiger charge is 2.23. The van der Waals surface area contributed by atoms with Crippen molar-refractivity contribution >= 4 is 0 Å². The third-order valence-corrected chi connectivity index (χ3v) is 24.8. The van der Waals surface area contributed by atoms with E-state index >= 15 is 0 Å². The second-order valence-corrected chi connectivity index (χ2v) is 35.4. The van der Waals surface area contributed by atoms with E-state index in [1.54, 1.807) is 31.0 Å². The quantitative estimate of drug-likeness (QED) is 0.0690. The topological polar surface area (TPSA) is 232 Å². The Morgan fingerprint density at radius 2 is 0.318 bits per heavy atom. The van der Waals surface area contributed by atoms with Crippen molar-refractivity contribution in [2.75, 3.05) is 0 Å². The number of hydrogen-bond donors (Lipinski definition) is 0. The lowest BCUT2D eigenvalue weighted by atomic mass is 9.96. The average molecular weight is 1910 g/mol. The fourth-order valence-electron chi connectivity index (χ4n) is 17.0. The van der Waals surface area contributed by atoms with Crippen molar-refractivity contribution in [3.05, 3.63) is 521 Å². The predicted molar refractivity (Wildman–Crippen MR) is 594 cm³/mol. The van der Waals surface area contributed by atoms with E-state index in [4.69, 9.17) is 59.8 Å². The Bertz CT molecular complexity index is 7380. The monoisotopic (exact) mass is 1910 g/mol. The second kappa shape index (κ2) is 44.9. The van der Waals surface area contributed by atoms with Crippen LogP contribution in [0.4, 0.5) is 0 Å². The SMILES string of the molecule is Cc1ccc(-c2cc(-c3ccccn3)cc(-c3nc(-c4ccccc4)nc(-c4ccccc4)n3)c2)cc1.Cc1ccc(-c2cc(-c3ccncc3)cc(-c3nc(-c4ccccc4)nc(-c4ccccc4)n3)c2)cc1.Cc1ccc(-c2cc(-c3cnccn3)cc(-c3nc(-c4ccccc4)nc(-c4ccccc4)n3)c2)cc1.Cc1ccc(-c2cc(-c3ncccn3)cc(-c3nc(-c4ccccc4)nc(-c4ccccc4)n3)c2)cc1. The lowest BCUT2D eigenvalue weighted by Crippen LogP contribution is -2.00. The molecule has 8 aromatic heterocycles. The molecule has 0 spiro atoms. The fourth-order valence-corrected chi connectivity index (χ4v) is 17.0. The van der Waals surface area contributed by atoms with Gasteiger partial charge in [-0.15, -0.1) is 0 Å². The van der Waals surface area contributed by atoms with Gasteiger partial charge in [0.1, 0.15) is 0 Å². The second-order valence-electron chi connectivity index (χ2n) is 35.4. The lowest BCUT2D eigenvalue weighted by molar-refractivity contribution is 1.07. The minimum absolute atomic E-state index is 0.596. The van der Waals surface area contributed by atoms with E-state index in [0.717, 1.165) is 150 Å². The number of aryl methyl sites for hydroxylation is 4. The minimum Gasteiger partial charge on any atom is -0.265 e. The van der Waals surface area contributed by atoms with Crippen LogP contribution in [0.15, 0.2) is 498 Å². The van der Waals surface area contributed by atoms with Gasteiger partial charge in [-0.25, -0.2) is 69.8 Å². The van der Waals surface area contributed by atoms with Gasteiger partial charge >= 0.3 is 0 Å². The van der Waals surface area contributed by atoms with E-state index in [1.807, 2.05) is 304 Å². The van der Waals surface area contributed by atoms with Crippen LogP contribution in [0.5, 0.6) is 0 Å². The summed E-state index contributed by atoms with van der Waals surface area (Å²) >= 11 is 0. The maximum atomic E-state index is 4.95. The molecule has 704 valence electrons. The van der Waals surface area contributed by atoms with Gasteiger partial charge in [-0.2, -0.15) is 0 Å². The van der Waals surface area contributed by atoms with Crippen LogP contribution in [0.2, 0.25) is 0 Å². The van der Waals surface area contributed by atoms with Gasteiger partial charge in [-0.1, -0.05) is 368 Å². The third-order valence-electron chi connectivity index (χ3n) is 24.8. The van der Waals surface area contributed by atoms with E-state index in [0.29, 0.717) is 75.7 Å². The predicted octanol–water partition coefficient (Wildman–Crippen LogP) is 30.4. The molecule has 24 aromatic rings. The molecule has 0 aliphatic heterocycles. The zero-order chi connectivity index (χ0) is 100. The Balaban J connectivity index is 0.000000116. The number of rotatable bonds is 20. The summed E-state index contributed by atoms with van der Waals surface area (Å²) in [6.07, 6.45) is 14.1. The summed E-state index contributed by atoms with van der Waals surface area (Å²) in [6, 6.07) is 152. The summed E-state index contributed by atoms with van der Waals surface area (Å²) < 4.78 is 0. The first-order chi connectivity index (χ1) is 72.9. The summed E-state index contributed by atoms with van der Waals surface area (Å²) in [5.74, 6) is 8.21. The van der Waals surface area contributed by atoms with Gasteiger partial charge < -0.3 is 0 Å². The van der Waals surface area contributed by atoms with Crippen LogP contribution in [-0.4, -0.2) is 89.7 Å². The van der Waals surface area contributed by atoms with Crippen LogP contribution in [0.25, 0.3) is 226 Å². The third kappa shape index (κ3) is 23.1. The molecular formula is C130H94N18. The van der Waals surface area contributed by atoms with E-state index in [2.05, 4.69) is 221 Å². The zero-order valence-corrected chi connectivity index (χ0v) is 81.4. The summed E-state index contributed by atoms with van der Waals surface area (Å²) in [6.45, 7) is 8.38. The van der Waals surface area contributed by atoms with Crippen LogP contribution in [0, 0.1) is 27.7 Å². The summed E-state index contributed by atoms with van der Waals surface area (Å²) in [5, 5.41) is 0. The number of benzene rings is 16. The standard InChI is InChI=1S/2C33H24N4.2C32H23N5/c1-23-15-17-24(18-16-23)27-20-28(30-14-8-9-19-34-30)22-29(21-27)33-36-31(25-10-4-2-5-11-25)35-32(37-33)26-12-6-3-7-13-26;1-23-12-14-24(15-13-23)28-20-29(25-16-18-34-19-17-25)22-30(21-28)33-36-31(26-8-4-2-5-9-26)35-32(37-33)27-10-6-3-7-11-27;1-22-13-15-23(16-14-22)26-19-27(29-33-17-8-18-34-29)21-28(20-26)32-36-30(24-9-4-2-5-10-24)35-31(37-32)25-11-6-3-7-12-25;1-22-12-14-23(15-13-22)26-18-27(29-21-33-16-17-34-29)20-28(19-26)32-36-30(24-8-4-2-5-9-24)35-31(37-32)25-10-6-3-7-11-25/h2*2-22H,1H3;2*2-21H,1H3. The summed E-state index contributed by atoms with van der Waals surface area (Å²) in [4.78, 5) is 85.4. The molecule has 0 fully saturated rings. The van der Waals surface area contributed by atoms with Crippen LogP contribution in [-0.2, 0) is 0 Å². The number of nitrogens with zero attached hydrogens (tertiary/aromatic N) is 18. The van der Waals surface area contributed by atoms with Gasteiger partial charge in [0.05, 0.1) is 17.6 Å². The first-order valence-electron chi connectivity index (χ1n) is 48.6. The number of hydrogen-bond acceptors (Lipinski definition) is 18. The van der Waals surface area contributed by atoms with Crippen LogP contribution in [0.1, 0.15) is 22.3 Å². The van der Waals surface area contributed by atoms with E-state index < -0.39 is 0 Å². The maximum absolute atomic E-state index is 4.95. The molecule has 0 unspecified atom stereocenters. The molecule has 0 amide bonds. The number of pyridine rings is 2.